The maximum atomic E-state index is 13.1. The van der Waals surface area contributed by atoms with Crippen molar-refractivity contribution in [3.63, 3.8) is 0 Å². The highest BCUT2D eigenvalue weighted by Gasteiger charge is 2.55. The van der Waals surface area contributed by atoms with E-state index in [0.717, 1.165) is 35.0 Å². The molecule has 184 valence electrons. The molecule has 0 spiro atoms. The lowest BCUT2D eigenvalue weighted by atomic mass is 9.84. The number of hydrogen-bond acceptors (Lipinski definition) is 7. The molecule has 1 aromatic heterocycles. The fraction of sp³-hybridized carbons (Fsp3) is 0.360. The van der Waals surface area contributed by atoms with Gasteiger partial charge in [-0.25, -0.2) is 18.6 Å². The van der Waals surface area contributed by atoms with Crippen LogP contribution >= 0.6 is 0 Å². The number of nitrogens with one attached hydrogen (secondary N) is 2. The smallest absolute Gasteiger partial charge is 0.249 e. The molecule has 4 atom stereocenters. The van der Waals surface area contributed by atoms with Gasteiger partial charge in [0.05, 0.1) is 22.4 Å². The molecule has 2 aromatic carbocycles. The summed E-state index contributed by atoms with van der Waals surface area (Å²) in [7, 11) is -2.00. The van der Waals surface area contributed by atoms with Crippen molar-refractivity contribution >= 4 is 26.8 Å². The number of hydrogen-bond donors (Lipinski definition) is 3. The summed E-state index contributed by atoms with van der Waals surface area (Å²) in [6.07, 6.45) is 1.58. The lowest BCUT2D eigenvalue weighted by Gasteiger charge is -2.28. The number of rotatable bonds is 7. The van der Waals surface area contributed by atoms with Gasteiger partial charge in [-0.3, -0.25) is 19.9 Å². The average molecular weight is 497 g/mol. The van der Waals surface area contributed by atoms with Crippen LogP contribution in [-0.4, -0.2) is 54.6 Å². The minimum absolute atomic E-state index is 0.0867. The number of sulfonamides is 1. The Labute approximate surface area is 204 Å². The summed E-state index contributed by atoms with van der Waals surface area (Å²) in [4.78, 5) is 18.9. The number of carbonyl (C=O) groups excluding carboxylic acids is 1. The van der Waals surface area contributed by atoms with E-state index in [-0.39, 0.29) is 17.0 Å². The van der Waals surface area contributed by atoms with E-state index in [1.807, 2.05) is 49.2 Å². The van der Waals surface area contributed by atoms with Gasteiger partial charge in [0.25, 0.3) is 0 Å². The van der Waals surface area contributed by atoms with Crippen LogP contribution in [-0.2, 0) is 21.4 Å². The third-order valence-electron chi connectivity index (χ3n) is 7.18. The Bertz CT molecular complexity index is 1360. The van der Waals surface area contributed by atoms with Gasteiger partial charge in [-0.1, -0.05) is 18.2 Å². The lowest BCUT2D eigenvalue weighted by Crippen LogP contribution is -2.51. The van der Waals surface area contributed by atoms with E-state index in [4.69, 9.17) is 9.94 Å². The van der Waals surface area contributed by atoms with Crippen molar-refractivity contribution in [3.8, 4) is 5.75 Å². The van der Waals surface area contributed by atoms with E-state index >= 15 is 0 Å². The Morgan fingerprint density at radius 3 is 2.60 bits per heavy atom. The molecule has 2 aliphatic heterocycles. The van der Waals surface area contributed by atoms with Crippen molar-refractivity contribution in [2.75, 3.05) is 7.05 Å². The number of likely N-dealkylation sites (N-methyl/N-ethyl adjacent to an activating group) is 1. The van der Waals surface area contributed by atoms with Gasteiger partial charge < -0.3 is 4.74 Å². The number of para-hydroxylation sites is 1. The first-order chi connectivity index (χ1) is 16.8. The molecule has 0 radical (unpaired) electrons. The predicted octanol–water partition coefficient (Wildman–Crippen LogP) is 2.37. The van der Waals surface area contributed by atoms with Crippen LogP contribution in [0.15, 0.2) is 59.5 Å². The van der Waals surface area contributed by atoms with Crippen molar-refractivity contribution in [1.82, 2.24) is 20.1 Å². The number of amides is 1. The number of nitrogens with zero attached hydrogens (tertiary/aromatic N) is 2. The molecule has 3 heterocycles. The molecule has 0 saturated carbocycles. The Morgan fingerprint density at radius 1 is 1.14 bits per heavy atom. The van der Waals surface area contributed by atoms with Gasteiger partial charge >= 0.3 is 0 Å². The maximum absolute atomic E-state index is 13.1. The van der Waals surface area contributed by atoms with Gasteiger partial charge in [0.2, 0.25) is 15.9 Å². The highest BCUT2D eigenvalue weighted by atomic mass is 32.2. The molecule has 3 N–H and O–H groups in total. The molecule has 2 saturated heterocycles. The number of benzene rings is 2. The first-order valence-corrected chi connectivity index (χ1v) is 13.0. The standard InChI is InChI=1S/C25H28N4O5S/c1-15-13-16(19-5-3-4-6-20(19)26-15)14-34-17-7-9-18(10-8-17)35(32,33)28-24-22-12-11-21(29(22)2)23(24)25(30)27-31/h3-10,13,21-24,28,31H,11-12,14H2,1-2H3,(H,27,30). The van der Waals surface area contributed by atoms with E-state index in [1.54, 1.807) is 17.6 Å². The van der Waals surface area contributed by atoms with Crippen molar-refractivity contribution in [2.45, 2.75) is 49.4 Å². The van der Waals surface area contributed by atoms with Crippen molar-refractivity contribution < 1.29 is 23.2 Å². The highest BCUT2D eigenvalue weighted by Crippen LogP contribution is 2.41. The van der Waals surface area contributed by atoms with Gasteiger partial charge in [-0.15, -0.1) is 0 Å². The van der Waals surface area contributed by atoms with Crippen LogP contribution in [0.25, 0.3) is 10.9 Å². The molecule has 0 aliphatic carbocycles. The third-order valence-corrected chi connectivity index (χ3v) is 8.66. The molecule has 3 aromatic rings. The molecular weight excluding hydrogens is 468 g/mol. The van der Waals surface area contributed by atoms with Crippen LogP contribution in [0.4, 0.5) is 0 Å². The summed E-state index contributed by atoms with van der Waals surface area (Å²) in [6, 6.07) is 15.2. The summed E-state index contributed by atoms with van der Waals surface area (Å²) in [5, 5.41) is 10.2. The number of hydroxylamine groups is 1. The van der Waals surface area contributed by atoms with E-state index in [9.17, 15) is 13.2 Å². The number of aryl methyl sites for hydroxylation is 1. The van der Waals surface area contributed by atoms with Crippen molar-refractivity contribution in [3.05, 3.63) is 65.9 Å². The largest absolute Gasteiger partial charge is 0.489 e. The summed E-state index contributed by atoms with van der Waals surface area (Å²) >= 11 is 0. The fourth-order valence-corrected chi connectivity index (χ4v) is 6.83. The normalized spacial score (nSPS) is 24.1. The van der Waals surface area contributed by atoms with Gasteiger partial charge in [0, 0.05) is 28.7 Å². The van der Waals surface area contributed by atoms with Gasteiger partial charge in [-0.2, -0.15) is 0 Å². The monoisotopic (exact) mass is 496 g/mol. The van der Waals surface area contributed by atoms with E-state index in [0.29, 0.717) is 12.4 Å². The second-order valence-electron chi connectivity index (χ2n) is 9.23. The number of aromatic nitrogens is 1. The zero-order valence-electron chi connectivity index (χ0n) is 19.5. The minimum atomic E-state index is -3.88. The van der Waals surface area contributed by atoms with Crippen LogP contribution in [0, 0.1) is 12.8 Å². The van der Waals surface area contributed by atoms with Crippen molar-refractivity contribution in [2.24, 2.45) is 5.92 Å². The fourth-order valence-electron chi connectivity index (χ4n) is 5.54. The molecule has 5 rings (SSSR count). The maximum Gasteiger partial charge on any atom is 0.249 e. The van der Waals surface area contributed by atoms with Crippen LogP contribution in [0.1, 0.15) is 24.1 Å². The Balaban J connectivity index is 1.30. The first-order valence-electron chi connectivity index (χ1n) is 11.5. The SMILES string of the molecule is Cc1cc(COc2ccc(S(=O)(=O)NC3C(C(=O)NO)C4CCC3N4C)cc2)c2ccccc2n1. The molecule has 10 heteroatoms. The van der Waals surface area contributed by atoms with Crippen LogP contribution < -0.4 is 14.9 Å². The third kappa shape index (κ3) is 4.38. The van der Waals surface area contributed by atoms with Crippen LogP contribution in [0.3, 0.4) is 0 Å². The molecule has 4 unspecified atom stereocenters. The zero-order chi connectivity index (χ0) is 24.7. The molecule has 1 amide bonds. The summed E-state index contributed by atoms with van der Waals surface area (Å²) in [6.45, 7) is 2.26. The van der Waals surface area contributed by atoms with E-state index in [2.05, 4.69) is 9.71 Å². The predicted molar refractivity (Wildman–Crippen MR) is 129 cm³/mol. The number of pyridine rings is 1. The van der Waals surface area contributed by atoms with E-state index in [1.165, 1.54) is 12.1 Å². The second kappa shape index (κ2) is 9.19. The molecule has 35 heavy (non-hydrogen) atoms. The number of fused-ring (bicyclic) bond motifs is 3. The Kier molecular flexibility index (Phi) is 6.22. The summed E-state index contributed by atoms with van der Waals surface area (Å²) in [5.41, 5.74) is 4.49. The Morgan fingerprint density at radius 2 is 1.86 bits per heavy atom. The van der Waals surface area contributed by atoms with Gasteiger partial charge in [0.1, 0.15) is 12.4 Å². The molecule has 9 nitrogen and oxygen atoms in total. The molecule has 2 bridgehead atoms. The number of ether oxygens (including phenoxy) is 1. The average Bonchev–Trinajstić information content (AvgIpc) is 3.34. The van der Waals surface area contributed by atoms with Crippen LogP contribution in [0.5, 0.6) is 5.75 Å². The Hall–Kier alpha value is -3.05. The van der Waals surface area contributed by atoms with Gasteiger partial charge in [-0.05, 0) is 63.2 Å². The van der Waals surface area contributed by atoms with Gasteiger partial charge in [0.15, 0.2) is 0 Å². The molecule has 2 aliphatic rings. The van der Waals surface area contributed by atoms with Crippen molar-refractivity contribution in [1.29, 1.82) is 0 Å². The summed E-state index contributed by atoms with van der Waals surface area (Å²) in [5.74, 6) is -0.682. The second-order valence-corrected chi connectivity index (χ2v) is 10.9. The molecular formula is C25H28N4O5S. The number of carbonyl (C=O) groups is 1. The quantitative estimate of drug-likeness (QED) is 0.339. The summed E-state index contributed by atoms with van der Waals surface area (Å²) < 4.78 is 34.9. The lowest BCUT2D eigenvalue weighted by molar-refractivity contribution is -0.134. The van der Waals surface area contributed by atoms with Crippen LogP contribution in [0.2, 0.25) is 0 Å². The minimum Gasteiger partial charge on any atom is -0.489 e. The van der Waals surface area contributed by atoms with E-state index < -0.39 is 27.9 Å². The zero-order valence-corrected chi connectivity index (χ0v) is 20.3. The molecule has 2 fully saturated rings. The first kappa shape index (κ1) is 23.7. The highest BCUT2D eigenvalue weighted by molar-refractivity contribution is 7.89. The topological polar surface area (TPSA) is 121 Å².